The van der Waals surface area contributed by atoms with Crippen LogP contribution >= 0.6 is 15.9 Å². The van der Waals surface area contributed by atoms with Crippen LogP contribution in [0.15, 0.2) is 47.2 Å². The highest BCUT2D eigenvalue weighted by atomic mass is 79.9. The molecule has 0 spiro atoms. The van der Waals surface area contributed by atoms with E-state index in [1.165, 1.54) is 12.1 Å². The zero-order valence-electron chi connectivity index (χ0n) is 8.45. The van der Waals surface area contributed by atoms with Crippen LogP contribution in [-0.4, -0.2) is 4.98 Å². The molecule has 0 fully saturated rings. The molecule has 0 amide bonds. The third-order valence-electron chi connectivity index (χ3n) is 2.10. The number of halogens is 2. The first-order chi connectivity index (χ1) is 7.74. The highest BCUT2D eigenvalue weighted by Crippen LogP contribution is 2.13. The normalized spacial score (nSPS) is 10.1. The smallest absolute Gasteiger partial charge is 0.123 e. The fourth-order valence-corrected chi connectivity index (χ4v) is 1.74. The zero-order valence-corrected chi connectivity index (χ0v) is 10.0. The third kappa shape index (κ3) is 3.03. The van der Waals surface area contributed by atoms with Crippen molar-refractivity contribution < 1.29 is 4.39 Å². The van der Waals surface area contributed by atoms with Gasteiger partial charge in [-0.15, -0.1) is 0 Å². The summed E-state index contributed by atoms with van der Waals surface area (Å²) in [7, 11) is 0. The number of anilines is 1. The van der Waals surface area contributed by atoms with Crippen molar-refractivity contribution in [1.82, 2.24) is 4.98 Å². The number of pyridine rings is 1. The van der Waals surface area contributed by atoms with E-state index in [1.54, 1.807) is 24.5 Å². The lowest BCUT2D eigenvalue weighted by atomic mass is 10.2. The predicted molar refractivity (Wildman–Crippen MR) is 65.7 cm³/mol. The molecule has 2 nitrogen and oxygen atoms in total. The maximum atomic E-state index is 12.7. The van der Waals surface area contributed by atoms with Gasteiger partial charge < -0.3 is 5.32 Å². The Morgan fingerprint density at radius 3 is 2.62 bits per heavy atom. The fraction of sp³-hybridized carbons (Fsp3) is 0.0833. The van der Waals surface area contributed by atoms with Gasteiger partial charge in [-0.1, -0.05) is 0 Å². The summed E-state index contributed by atoms with van der Waals surface area (Å²) < 4.78 is 13.6. The summed E-state index contributed by atoms with van der Waals surface area (Å²) >= 11 is 3.36. The number of nitrogens with zero attached hydrogens (tertiary/aromatic N) is 1. The molecule has 2 aromatic rings. The van der Waals surface area contributed by atoms with Crippen molar-refractivity contribution in [3.63, 3.8) is 0 Å². The van der Waals surface area contributed by atoms with E-state index in [0.717, 1.165) is 15.7 Å². The van der Waals surface area contributed by atoms with E-state index >= 15 is 0 Å². The lowest BCUT2D eigenvalue weighted by Gasteiger charge is -2.06. The lowest BCUT2D eigenvalue weighted by Crippen LogP contribution is -1.99. The van der Waals surface area contributed by atoms with Crippen LogP contribution in [0, 0.1) is 5.82 Å². The van der Waals surface area contributed by atoms with Crippen molar-refractivity contribution in [2.75, 3.05) is 5.32 Å². The van der Waals surface area contributed by atoms with Gasteiger partial charge in [-0.2, -0.15) is 0 Å². The van der Waals surface area contributed by atoms with Gasteiger partial charge in [0.05, 0.1) is 0 Å². The number of aromatic nitrogens is 1. The predicted octanol–water partition coefficient (Wildman–Crippen LogP) is 3.60. The van der Waals surface area contributed by atoms with E-state index in [0.29, 0.717) is 6.54 Å². The van der Waals surface area contributed by atoms with Crippen molar-refractivity contribution in [2.45, 2.75) is 6.54 Å². The number of rotatable bonds is 3. The molecule has 16 heavy (non-hydrogen) atoms. The van der Waals surface area contributed by atoms with Crippen LogP contribution in [-0.2, 0) is 6.54 Å². The van der Waals surface area contributed by atoms with Crippen LogP contribution in [0.1, 0.15) is 5.56 Å². The van der Waals surface area contributed by atoms with Gasteiger partial charge in [0.2, 0.25) is 0 Å². The molecule has 0 radical (unpaired) electrons. The van der Waals surface area contributed by atoms with E-state index in [1.807, 2.05) is 6.07 Å². The van der Waals surface area contributed by atoms with Crippen molar-refractivity contribution >= 4 is 21.6 Å². The molecule has 4 heteroatoms. The van der Waals surface area contributed by atoms with Gasteiger partial charge in [-0.3, -0.25) is 4.98 Å². The quantitative estimate of drug-likeness (QED) is 0.929. The van der Waals surface area contributed by atoms with Gasteiger partial charge in [-0.05, 0) is 51.8 Å². The first-order valence-electron chi connectivity index (χ1n) is 4.83. The number of hydrogen-bond acceptors (Lipinski definition) is 2. The lowest BCUT2D eigenvalue weighted by molar-refractivity contribution is 0.628. The van der Waals surface area contributed by atoms with E-state index in [4.69, 9.17) is 0 Å². The van der Waals surface area contributed by atoms with E-state index in [-0.39, 0.29) is 5.82 Å². The van der Waals surface area contributed by atoms with Gasteiger partial charge in [0, 0.05) is 29.1 Å². The molecular formula is C12H10BrFN2. The van der Waals surface area contributed by atoms with Crippen molar-refractivity contribution in [2.24, 2.45) is 0 Å². The highest BCUT2D eigenvalue weighted by Gasteiger charge is 1.96. The minimum absolute atomic E-state index is 0.227. The first-order valence-corrected chi connectivity index (χ1v) is 5.62. The number of nitrogens with one attached hydrogen (secondary N) is 1. The molecule has 1 heterocycles. The molecule has 2 rings (SSSR count). The maximum Gasteiger partial charge on any atom is 0.123 e. The van der Waals surface area contributed by atoms with E-state index in [9.17, 15) is 4.39 Å². The number of hydrogen-bond donors (Lipinski definition) is 1. The van der Waals surface area contributed by atoms with Crippen LogP contribution in [0.2, 0.25) is 0 Å². The van der Waals surface area contributed by atoms with Crippen molar-refractivity contribution in [3.8, 4) is 0 Å². The van der Waals surface area contributed by atoms with Crippen LogP contribution in [0.5, 0.6) is 0 Å². The van der Waals surface area contributed by atoms with Gasteiger partial charge in [0.25, 0.3) is 0 Å². The molecule has 82 valence electrons. The molecule has 0 unspecified atom stereocenters. The molecule has 1 aromatic carbocycles. The Hall–Kier alpha value is -1.42. The molecule has 0 aliphatic rings. The SMILES string of the molecule is Fc1ccc(NCc2cncc(Br)c2)cc1. The largest absolute Gasteiger partial charge is 0.381 e. The summed E-state index contributed by atoms with van der Waals surface area (Å²) in [6, 6.07) is 8.27. The molecule has 0 aliphatic heterocycles. The molecule has 1 aromatic heterocycles. The Morgan fingerprint density at radius 2 is 1.94 bits per heavy atom. The molecule has 0 aliphatic carbocycles. The minimum Gasteiger partial charge on any atom is -0.381 e. The van der Waals surface area contributed by atoms with Gasteiger partial charge >= 0.3 is 0 Å². The molecular weight excluding hydrogens is 271 g/mol. The second-order valence-electron chi connectivity index (χ2n) is 3.37. The molecule has 0 saturated carbocycles. The summed E-state index contributed by atoms with van der Waals surface area (Å²) in [5.41, 5.74) is 1.96. The summed E-state index contributed by atoms with van der Waals surface area (Å²) in [5.74, 6) is -0.227. The number of benzene rings is 1. The third-order valence-corrected chi connectivity index (χ3v) is 2.54. The Labute approximate surface area is 102 Å². The van der Waals surface area contributed by atoms with Crippen LogP contribution in [0.25, 0.3) is 0 Å². The minimum atomic E-state index is -0.227. The highest BCUT2D eigenvalue weighted by molar-refractivity contribution is 9.10. The average Bonchev–Trinajstić information content (AvgIpc) is 2.28. The van der Waals surface area contributed by atoms with Crippen LogP contribution in [0.4, 0.5) is 10.1 Å². The van der Waals surface area contributed by atoms with E-state index < -0.39 is 0 Å². The summed E-state index contributed by atoms with van der Waals surface area (Å²) in [6.45, 7) is 0.665. The molecule has 0 atom stereocenters. The van der Waals surface area contributed by atoms with Crippen molar-refractivity contribution in [1.29, 1.82) is 0 Å². The molecule has 0 saturated heterocycles. The zero-order chi connectivity index (χ0) is 11.4. The average molecular weight is 281 g/mol. The monoisotopic (exact) mass is 280 g/mol. The Morgan fingerprint density at radius 1 is 1.19 bits per heavy atom. The standard InChI is InChI=1S/C12H10BrFN2/c13-10-5-9(6-15-8-10)7-16-12-3-1-11(14)2-4-12/h1-6,8,16H,7H2. The van der Waals surface area contributed by atoms with Gasteiger partial charge in [0.1, 0.15) is 5.82 Å². The summed E-state index contributed by atoms with van der Waals surface area (Å²) in [5, 5.41) is 3.19. The Balaban J connectivity index is 1.99. The Bertz CT molecular complexity index is 471. The fourth-order valence-electron chi connectivity index (χ4n) is 1.32. The van der Waals surface area contributed by atoms with Crippen LogP contribution < -0.4 is 5.32 Å². The molecule has 0 bridgehead atoms. The Kier molecular flexibility index (Phi) is 3.51. The molecule has 1 N–H and O–H groups in total. The van der Waals surface area contributed by atoms with Gasteiger partial charge in [0.15, 0.2) is 0 Å². The summed E-state index contributed by atoms with van der Waals surface area (Å²) in [6.07, 6.45) is 3.53. The maximum absolute atomic E-state index is 12.7. The first kappa shape index (κ1) is 11.1. The van der Waals surface area contributed by atoms with Crippen LogP contribution in [0.3, 0.4) is 0 Å². The second-order valence-corrected chi connectivity index (χ2v) is 4.29. The topological polar surface area (TPSA) is 24.9 Å². The second kappa shape index (κ2) is 5.07. The van der Waals surface area contributed by atoms with E-state index in [2.05, 4.69) is 26.2 Å². The van der Waals surface area contributed by atoms with Gasteiger partial charge in [-0.25, -0.2) is 4.39 Å². The van der Waals surface area contributed by atoms with Crippen molar-refractivity contribution in [3.05, 3.63) is 58.6 Å². The summed E-state index contributed by atoms with van der Waals surface area (Å²) in [4.78, 5) is 4.06.